The van der Waals surface area contributed by atoms with Crippen molar-refractivity contribution >= 4 is 28.0 Å². The topological polar surface area (TPSA) is 131 Å². The molecule has 11 nitrogen and oxygen atoms in total. The number of sulfonamides is 1. The van der Waals surface area contributed by atoms with Crippen LogP contribution in [-0.4, -0.2) is 77.6 Å². The summed E-state index contributed by atoms with van der Waals surface area (Å²) in [6, 6.07) is 10.8. The smallest absolute Gasteiger partial charge is 0.410 e. The molecular weight excluding hydrogens is 674 g/mol. The van der Waals surface area contributed by atoms with Gasteiger partial charge in [-0.3, -0.25) is 4.79 Å². The molecule has 1 aromatic heterocycles. The molecule has 1 aliphatic carbocycles. The lowest BCUT2D eigenvalue weighted by Gasteiger charge is -2.56. The number of benzene rings is 2. The molecule has 0 radical (unpaired) electrons. The highest BCUT2D eigenvalue weighted by Crippen LogP contribution is 2.52. The third kappa shape index (κ3) is 7.68. The summed E-state index contributed by atoms with van der Waals surface area (Å²) in [6.45, 7) is 14.4. The van der Waals surface area contributed by atoms with Crippen molar-refractivity contribution in [3.63, 3.8) is 0 Å². The van der Waals surface area contributed by atoms with Gasteiger partial charge in [0, 0.05) is 30.3 Å². The quantitative estimate of drug-likeness (QED) is 0.301. The molecule has 2 fully saturated rings. The van der Waals surface area contributed by atoms with E-state index in [1.165, 1.54) is 12.1 Å². The minimum absolute atomic E-state index is 0.0447. The summed E-state index contributed by atoms with van der Waals surface area (Å²) in [4.78, 5) is 39.3. The fraction of sp³-hybridized carbons (Fsp3) is 0.526. The van der Waals surface area contributed by atoms with E-state index in [1.807, 2.05) is 57.7 Å². The second kappa shape index (κ2) is 13.7. The molecule has 3 aromatic rings. The van der Waals surface area contributed by atoms with Gasteiger partial charge in [0.25, 0.3) is 21.8 Å². The Hall–Kier alpha value is -4.26. The molecule has 2 aromatic carbocycles. The molecule has 2 aliphatic heterocycles. The van der Waals surface area contributed by atoms with Crippen LogP contribution in [0.15, 0.2) is 47.4 Å². The van der Waals surface area contributed by atoms with E-state index in [4.69, 9.17) is 9.47 Å². The Morgan fingerprint density at radius 3 is 2.35 bits per heavy atom. The molecule has 274 valence electrons. The molecule has 13 heteroatoms. The second-order valence-corrected chi connectivity index (χ2v) is 17.4. The number of carbonyl (C=O) groups is 2. The number of hydrogen-bond donors (Lipinski definition) is 1. The van der Waals surface area contributed by atoms with Crippen molar-refractivity contribution in [2.45, 2.75) is 103 Å². The van der Waals surface area contributed by atoms with Crippen LogP contribution in [0.25, 0.3) is 11.3 Å². The number of ether oxygens (including phenoxy) is 2. The molecule has 3 aliphatic rings. The van der Waals surface area contributed by atoms with Crippen molar-refractivity contribution in [1.29, 1.82) is 0 Å². The number of nitrogens with one attached hydrogen (secondary N) is 1. The molecule has 1 saturated heterocycles. The van der Waals surface area contributed by atoms with Gasteiger partial charge in [0.1, 0.15) is 17.9 Å². The summed E-state index contributed by atoms with van der Waals surface area (Å²) in [7, 11) is -4.29. The van der Waals surface area contributed by atoms with Gasteiger partial charge in [-0.15, -0.1) is 0 Å². The van der Waals surface area contributed by atoms with Crippen molar-refractivity contribution in [3.05, 3.63) is 65.0 Å². The monoisotopic (exact) mass is 721 g/mol. The van der Waals surface area contributed by atoms with Gasteiger partial charge in [0.15, 0.2) is 0 Å². The molecule has 1 atom stereocenters. The number of aryl methyl sites for hydroxylation is 2. The van der Waals surface area contributed by atoms with E-state index in [0.717, 1.165) is 36.8 Å². The van der Waals surface area contributed by atoms with Gasteiger partial charge in [-0.05, 0) is 107 Å². The molecule has 1 saturated carbocycles. The van der Waals surface area contributed by atoms with E-state index in [-0.39, 0.29) is 58.1 Å². The predicted molar refractivity (Wildman–Crippen MR) is 192 cm³/mol. The fourth-order valence-electron chi connectivity index (χ4n) is 7.69. The van der Waals surface area contributed by atoms with Crippen LogP contribution < -0.4 is 9.46 Å². The van der Waals surface area contributed by atoms with Gasteiger partial charge in [0.05, 0.1) is 10.9 Å². The zero-order valence-corrected chi connectivity index (χ0v) is 31.3. The molecule has 3 heterocycles. The molecule has 6 rings (SSSR count). The highest BCUT2D eigenvalue weighted by atomic mass is 32.2. The van der Waals surface area contributed by atoms with Crippen LogP contribution in [0, 0.1) is 31.0 Å². The predicted octanol–water partition coefficient (Wildman–Crippen LogP) is 7.13. The Morgan fingerprint density at radius 2 is 1.73 bits per heavy atom. The first kappa shape index (κ1) is 36.5. The minimum Gasteiger partial charge on any atom is -0.473 e. The summed E-state index contributed by atoms with van der Waals surface area (Å²) in [5.74, 6) is -1.71. The van der Waals surface area contributed by atoms with Gasteiger partial charge >= 0.3 is 6.09 Å². The van der Waals surface area contributed by atoms with Crippen LogP contribution in [0.2, 0.25) is 0 Å². The number of hydrogen-bond acceptors (Lipinski definition) is 8. The van der Waals surface area contributed by atoms with Crippen LogP contribution in [0.5, 0.6) is 5.88 Å². The fourth-order valence-corrected chi connectivity index (χ4v) is 8.68. The first-order chi connectivity index (χ1) is 23.9. The van der Waals surface area contributed by atoms with Gasteiger partial charge < -0.3 is 19.3 Å². The van der Waals surface area contributed by atoms with E-state index >= 15 is 4.39 Å². The minimum atomic E-state index is -4.29. The lowest BCUT2D eigenvalue weighted by molar-refractivity contribution is -0.0555. The second-order valence-electron chi connectivity index (χ2n) is 15.8. The number of fused-ring (bicyclic) bond motifs is 4. The van der Waals surface area contributed by atoms with Gasteiger partial charge in [-0.1, -0.05) is 38.1 Å². The standard InChI is InChI=1S/C38H48FN5O6S/c1-23(2)18-27-22-49-33-31(39)32(30-24(3)10-8-11-25(30)4)40-35(41-33)42-51(47,48)29-13-9-12-26(19-29)34(45)44(27)28-20-38(21-28)14-16-43(17-15-38)36(46)50-37(5,6)7/h8-13,19,23,27-28H,14-18,20-22H2,1-7H3,(H,40,41,42)/t27-/m1/s1. The first-order valence-electron chi connectivity index (χ1n) is 17.7. The Balaban J connectivity index is 1.36. The average Bonchev–Trinajstić information content (AvgIpc) is 3.03. The van der Waals surface area contributed by atoms with Gasteiger partial charge in [-0.2, -0.15) is 9.37 Å². The lowest BCUT2D eigenvalue weighted by Crippen LogP contribution is -2.60. The number of nitrogens with zero attached hydrogens (tertiary/aromatic N) is 4. The zero-order chi connectivity index (χ0) is 36.9. The first-order valence-corrected chi connectivity index (χ1v) is 19.1. The van der Waals surface area contributed by atoms with Gasteiger partial charge in [0.2, 0.25) is 11.8 Å². The van der Waals surface area contributed by atoms with E-state index in [0.29, 0.717) is 25.1 Å². The molecule has 51 heavy (non-hydrogen) atoms. The maximum atomic E-state index is 16.4. The Labute approximate surface area is 300 Å². The maximum absolute atomic E-state index is 16.4. The summed E-state index contributed by atoms with van der Waals surface area (Å²) in [5.41, 5.74) is 1.54. The molecule has 1 spiro atoms. The normalized spacial score (nSPS) is 20.4. The highest BCUT2D eigenvalue weighted by Gasteiger charge is 2.51. The Kier molecular flexibility index (Phi) is 9.81. The van der Waals surface area contributed by atoms with Crippen LogP contribution in [0.4, 0.5) is 15.1 Å². The maximum Gasteiger partial charge on any atom is 0.410 e. The molecule has 4 bridgehead atoms. The van der Waals surface area contributed by atoms with Gasteiger partial charge in [-0.25, -0.2) is 22.9 Å². The van der Waals surface area contributed by atoms with Crippen molar-refractivity contribution in [2.75, 3.05) is 24.4 Å². The molecule has 0 unspecified atom stereocenters. The van der Waals surface area contributed by atoms with E-state index in [9.17, 15) is 18.0 Å². The van der Waals surface area contributed by atoms with Crippen LogP contribution in [0.1, 0.15) is 88.2 Å². The average molecular weight is 722 g/mol. The van der Waals surface area contributed by atoms with E-state index in [1.54, 1.807) is 17.0 Å². The summed E-state index contributed by atoms with van der Waals surface area (Å²) in [5, 5.41) is 0. The number of anilines is 1. The van der Waals surface area contributed by atoms with Crippen LogP contribution in [0.3, 0.4) is 0 Å². The van der Waals surface area contributed by atoms with Crippen LogP contribution in [-0.2, 0) is 14.8 Å². The number of aromatic nitrogens is 2. The third-order valence-electron chi connectivity index (χ3n) is 10.1. The SMILES string of the molecule is Cc1cccc(C)c1-c1nc2nc(c1F)OC[C@@H](CC(C)C)N(C1CC3(CCN(C(=O)OC(C)(C)C)CC3)C1)C(=O)c1cccc(c1)S(=O)(=O)N2. The number of halogens is 1. The van der Waals surface area contributed by atoms with E-state index in [2.05, 4.69) is 28.5 Å². The molecular formula is C38H48FN5O6S. The van der Waals surface area contributed by atoms with Crippen molar-refractivity contribution in [3.8, 4) is 17.1 Å². The van der Waals surface area contributed by atoms with Crippen molar-refractivity contribution in [1.82, 2.24) is 19.8 Å². The third-order valence-corrected chi connectivity index (χ3v) is 11.5. The number of rotatable bonds is 4. The lowest BCUT2D eigenvalue weighted by atomic mass is 9.59. The van der Waals surface area contributed by atoms with E-state index < -0.39 is 33.4 Å². The molecule has 2 amide bonds. The highest BCUT2D eigenvalue weighted by molar-refractivity contribution is 7.92. The van der Waals surface area contributed by atoms with Crippen LogP contribution >= 0.6 is 0 Å². The summed E-state index contributed by atoms with van der Waals surface area (Å²) >= 11 is 0. The Bertz CT molecular complexity index is 1910. The number of carbonyl (C=O) groups excluding carboxylic acids is 2. The number of piperidine rings is 1. The van der Waals surface area contributed by atoms with Crippen molar-refractivity contribution in [2.24, 2.45) is 11.3 Å². The zero-order valence-electron chi connectivity index (χ0n) is 30.5. The number of amides is 2. The largest absolute Gasteiger partial charge is 0.473 e. The summed E-state index contributed by atoms with van der Waals surface area (Å²) in [6.07, 6.45) is 3.25. The summed E-state index contributed by atoms with van der Waals surface area (Å²) < 4.78 is 58.0. The molecule has 1 N–H and O–H groups in total. The Morgan fingerprint density at radius 1 is 1.08 bits per heavy atom. The van der Waals surface area contributed by atoms with Crippen molar-refractivity contribution < 1.29 is 31.9 Å². The number of likely N-dealkylation sites (tertiary alicyclic amines) is 1.